The molecule has 0 radical (unpaired) electrons. The molecule has 0 aliphatic heterocycles. The topological polar surface area (TPSA) is 49.4 Å². The van der Waals surface area contributed by atoms with Gasteiger partial charge in [-0.1, -0.05) is 104 Å². The molecular formula is C30H36N2O2. The summed E-state index contributed by atoms with van der Waals surface area (Å²) in [5, 5.41) is 3.00. The van der Waals surface area contributed by atoms with Crippen LogP contribution in [0, 0.1) is 6.92 Å². The first kappa shape index (κ1) is 25.2. The average Bonchev–Trinajstić information content (AvgIpc) is 2.86. The maximum Gasteiger partial charge on any atom is 0.242 e. The van der Waals surface area contributed by atoms with E-state index in [-0.39, 0.29) is 17.7 Å². The van der Waals surface area contributed by atoms with Crippen LogP contribution in [0.4, 0.5) is 0 Å². The Hall–Kier alpha value is -3.40. The number of nitrogens with zero attached hydrogens (tertiary/aromatic N) is 1. The Bertz CT molecular complexity index is 1010. The lowest BCUT2D eigenvalue weighted by molar-refractivity contribution is -0.141. The molecule has 0 spiro atoms. The van der Waals surface area contributed by atoms with Crippen molar-refractivity contribution in [3.05, 3.63) is 107 Å². The third-order valence-electron chi connectivity index (χ3n) is 6.15. The predicted octanol–water partition coefficient (Wildman–Crippen LogP) is 5.85. The van der Waals surface area contributed by atoms with E-state index in [1.165, 1.54) is 0 Å². The second-order valence-corrected chi connectivity index (χ2v) is 8.80. The van der Waals surface area contributed by atoms with Gasteiger partial charge in [0.25, 0.3) is 0 Å². The molecule has 0 aromatic heterocycles. The maximum atomic E-state index is 13.9. The monoisotopic (exact) mass is 456 g/mol. The second-order valence-electron chi connectivity index (χ2n) is 8.80. The van der Waals surface area contributed by atoms with Crippen LogP contribution in [0.3, 0.4) is 0 Å². The number of aryl methyl sites for hydroxylation is 1. The Morgan fingerprint density at radius 1 is 0.853 bits per heavy atom. The molecular weight excluding hydrogens is 420 g/mol. The fourth-order valence-corrected chi connectivity index (χ4v) is 4.38. The molecule has 0 aliphatic rings. The molecule has 3 aromatic rings. The summed E-state index contributed by atoms with van der Waals surface area (Å²) in [7, 11) is 0. The summed E-state index contributed by atoms with van der Waals surface area (Å²) >= 11 is 0. The van der Waals surface area contributed by atoms with Crippen LogP contribution in [0.25, 0.3) is 0 Å². The van der Waals surface area contributed by atoms with Gasteiger partial charge < -0.3 is 10.2 Å². The number of benzene rings is 3. The number of hydrogen-bond donors (Lipinski definition) is 1. The molecule has 0 aliphatic carbocycles. The van der Waals surface area contributed by atoms with E-state index in [1.807, 2.05) is 75.4 Å². The van der Waals surface area contributed by atoms with Gasteiger partial charge in [0.1, 0.15) is 6.04 Å². The Kier molecular flexibility index (Phi) is 9.45. The van der Waals surface area contributed by atoms with Crippen molar-refractivity contribution < 1.29 is 9.59 Å². The molecule has 0 heterocycles. The second kappa shape index (κ2) is 12.7. The normalized spacial score (nSPS) is 11.8. The largest absolute Gasteiger partial charge is 0.354 e. The molecule has 1 atom stereocenters. The van der Waals surface area contributed by atoms with Gasteiger partial charge in [-0.25, -0.2) is 0 Å². The summed E-state index contributed by atoms with van der Waals surface area (Å²) in [4.78, 5) is 28.7. The van der Waals surface area contributed by atoms with Gasteiger partial charge in [0, 0.05) is 25.4 Å². The zero-order valence-electron chi connectivity index (χ0n) is 20.5. The maximum absolute atomic E-state index is 13.9. The summed E-state index contributed by atoms with van der Waals surface area (Å²) < 4.78 is 0. The smallest absolute Gasteiger partial charge is 0.242 e. The lowest BCUT2D eigenvalue weighted by Crippen LogP contribution is -2.49. The van der Waals surface area contributed by atoms with Crippen LogP contribution in [-0.2, 0) is 16.1 Å². The van der Waals surface area contributed by atoms with Crippen LogP contribution < -0.4 is 5.32 Å². The highest BCUT2D eigenvalue weighted by Gasteiger charge is 2.30. The highest BCUT2D eigenvalue weighted by Crippen LogP contribution is 2.29. The molecule has 0 fully saturated rings. The van der Waals surface area contributed by atoms with Gasteiger partial charge in [-0.2, -0.15) is 0 Å². The number of amides is 2. The fourth-order valence-electron chi connectivity index (χ4n) is 4.38. The van der Waals surface area contributed by atoms with Crippen LogP contribution in [0.2, 0.25) is 0 Å². The van der Waals surface area contributed by atoms with E-state index in [9.17, 15) is 9.59 Å². The molecule has 4 nitrogen and oxygen atoms in total. The first-order valence-electron chi connectivity index (χ1n) is 12.3. The molecule has 0 bridgehead atoms. The number of carbonyl (C=O) groups excluding carboxylic acids is 2. The van der Waals surface area contributed by atoms with Crippen LogP contribution in [-0.4, -0.2) is 29.3 Å². The van der Waals surface area contributed by atoms with Gasteiger partial charge in [0.05, 0.1) is 0 Å². The van der Waals surface area contributed by atoms with Crippen molar-refractivity contribution in [3.63, 3.8) is 0 Å². The molecule has 4 heteroatoms. The van der Waals surface area contributed by atoms with Crippen molar-refractivity contribution in [1.29, 1.82) is 0 Å². The van der Waals surface area contributed by atoms with E-state index in [0.717, 1.165) is 28.7 Å². The standard InChI is InChI=1S/C30H36N2O2/c1-4-19-31-30(34)28(5-2)32(22-24-14-12-13-23(3)20-24)29(33)21-27(25-15-8-6-9-16-25)26-17-10-7-11-18-26/h6-18,20,27-28H,4-5,19,21-22H2,1-3H3,(H,31,34)/t28-/m0/s1. The molecule has 2 amide bonds. The molecule has 3 rings (SSSR count). The van der Waals surface area contributed by atoms with Gasteiger partial charge in [-0.15, -0.1) is 0 Å². The molecule has 178 valence electrons. The zero-order valence-corrected chi connectivity index (χ0v) is 20.5. The minimum absolute atomic E-state index is 0.0160. The van der Waals surface area contributed by atoms with E-state index in [0.29, 0.717) is 25.9 Å². The van der Waals surface area contributed by atoms with E-state index in [2.05, 4.69) is 35.6 Å². The lowest BCUT2D eigenvalue weighted by Gasteiger charge is -2.32. The molecule has 3 aromatic carbocycles. The fraction of sp³-hybridized carbons (Fsp3) is 0.333. The minimum Gasteiger partial charge on any atom is -0.354 e. The van der Waals surface area contributed by atoms with Crippen molar-refractivity contribution in [2.75, 3.05) is 6.54 Å². The third-order valence-corrected chi connectivity index (χ3v) is 6.15. The van der Waals surface area contributed by atoms with Crippen molar-refractivity contribution in [1.82, 2.24) is 10.2 Å². The van der Waals surface area contributed by atoms with Gasteiger partial charge in [0.2, 0.25) is 11.8 Å². The first-order valence-corrected chi connectivity index (χ1v) is 12.3. The predicted molar refractivity (Wildman–Crippen MR) is 138 cm³/mol. The Morgan fingerprint density at radius 3 is 2.00 bits per heavy atom. The summed E-state index contributed by atoms with van der Waals surface area (Å²) in [6, 6.07) is 27.9. The quantitative estimate of drug-likeness (QED) is 0.393. The van der Waals surface area contributed by atoms with E-state index in [4.69, 9.17) is 0 Å². The molecule has 0 saturated heterocycles. The number of nitrogens with one attached hydrogen (secondary N) is 1. The van der Waals surface area contributed by atoms with E-state index in [1.54, 1.807) is 4.90 Å². The number of rotatable bonds is 11. The first-order chi connectivity index (χ1) is 16.5. The summed E-state index contributed by atoms with van der Waals surface area (Å²) in [5.74, 6) is -0.176. The van der Waals surface area contributed by atoms with Crippen molar-refractivity contribution in [2.24, 2.45) is 0 Å². The highest BCUT2D eigenvalue weighted by atomic mass is 16.2. The Labute approximate surface area is 204 Å². The van der Waals surface area contributed by atoms with Crippen LogP contribution >= 0.6 is 0 Å². The summed E-state index contributed by atoms with van der Waals surface area (Å²) in [6.07, 6.45) is 1.73. The van der Waals surface area contributed by atoms with Crippen molar-refractivity contribution >= 4 is 11.8 Å². The molecule has 34 heavy (non-hydrogen) atoms. The molecule has 0 unspecified atom stereocenters. The number of hydrogen-bond acceptors (Lipinski definition) is 2. The van der Waals surface area contributed by atoms with Crippen molar-refractivity contribution in [2.45, 2.75) is 58.5 Å². The third kappa shape index (κ3) is 6.80. The van der Waals surface area contributed by atoms with E-state index >= 15 is 0 Å². The van der Waals surface area contributed by atoms with Crippen molar-refractivity contribution in [3.8, 4) is 0 Å². The van der Waals surface area contributed by atoms with Gasteiger partial charge in [-0.3, -0.25) is 9.59 Å². The molecule has 1 N–H and O–H groups in total. The highest BCUT2D eigenvalue weighted by molar-refractivity contribution is 5.88. The number of carbonyl (C=O) groups is 2. The Morgan fingerprint density at radius 2 is 1.47 bits per heavy atom. The SMILES string of the molecule is CCCNC(=O)[C@H](CC)N(Cc1cccc(C)c1)C(=O)CC(c1ccccc1)c1ccccc1. The average molecular weight is 457 g/mol. The van der Waals surface area contributed by atoms with Crippen LogP contribution in [0.1, 0.15) is 61.3 Å². The van der Waals surface area contributed by atoms with Gasteiger partial charge in [-0.05, 0) is 36.5 Å². The van der Waals surface area contributed by atoms with E-state index < -0.39 is 6.04 Å². The summed E-state index contributed by atoms with van der Waals surface area (Å²) in [6.45, 7) is 7.06. The van der Waals surface area contributed by atoms with Crippen LogP contribution in [0.15, 0.2) is 84.9 Å². The zero-order chi connectivity index (χ0) is 24.3. The Balaban J connectivity index is 1.94. The lowest BCUT2D eigenvalue weighted by atomic mass is 9.88. The molecule has 0 saturated carbocycles. The summed E-state index contributed by atoms with van der Waals surface area (Å²) in [5.41, 5.74) is 4.37. The minimum atomic E-state index is -0.508. The van der Waals surface area contributed by atoms with Crippen LogP contribution in [0.5, 0.6) is 0 Å². The van der Waals surface area contributed by atoms with Gasteiger partial charge in [0.15, 0.2) is 0 Å². The van der Waals surface area contributed by atoms with Gasteiger partial charge >= 0.3 is 0 Å².